The lowest BCUT2D eigenvalue weighted by Crippen LogP contribution is -2.25. The molecule has 4 rings (SSSR count). The Hall–Kier alpha value is -3.02. The highest BCUT2D eigenvalue weighted by molar-refractivity contribution is 5.85. The Morgan fingerprint density at radius 2 is 2.00 bits per heavy atom. The van der Waals surface area contributed by atoms with E-state index in [1.54, 1.807) is 6.26 Å². The quantitative estimate of drug-likeness (QED) is 0.771. The van der Waals surface area contributed by atoms with Crippen LogP contribution in [0.3, 0.4) is 0 Å². The molecule has 23 heavy (non-hydrogen) atoms. The second-order valence-electron chi connectivity index (χ2n) is 5.44. The van der Waals surface area contributed by atoms with Crippen LogP contribution in [-0.2, 0) is 6.42 Å². The van der Waals surface area contributed by atoms with Crippen LogP contribution in [0.4, 0.5) is 17.5 Å². The number of fused-ring (bicyclic) bond motifs is 1. The van der Waals surface area contributed by atoms with Gasteiger partial charge in [-0.15, -0.1) is 0 Å². The molecule has 0 amide bonds. The van der Waals surface area contributed by atoms with Crippen LogP contribution in [-0.4, -0.2) is 23.2 Å². The van der Waals surface area contributed by atoms with Gasteiger partial charge in [0.2, 0.25) is 5.95 Å². The molecule has 6 heteroatoms. The third-order valence-corrected chi connectivity index (χ3v) is 3.92. The van der Waals surface area contributed by atoms with Crippen LogP contribution in [0.5, 0.6) is 0 Å². The number of hydrogen-bond donors (Lipinski definition) is 2. The summed E-state index contributed by atoms with van der Waals surface area (Å²) in [5, 5.41) is 3.28. The summed E-state index contributed by atoms with van der Waals surface area (Å²) in [5.41, 5.74) is 8.81. The molecule has 2 aromatic heterocycles. The number of anilines is 3. The van der Waals surface area contributed by atoms with Crippen molar-refractivity contribution in [3.05, 3.63) is 54.3 Å². The molecule has 0 unspecified atom stereocenters. The second kappa shape index (κ2) is 5.64. The van der Waals surface area contributed by atoms with E-state index in [0.717, 1.165) is 30.2 Å². The molecule has 1 aliphatic heterocycles. The third kappa shape index (κ3) is 2.59. The largest absolute Gasteiger partial charge is 0.463 e. The number of nitrogens with one attached hydrogen (secondary N) is 1. The van der Waals surface area contributed by atoms with Crippen molar-refractivity contribution in [2.75, 3.05) is 29.2 Å². The maximum Gasteiger partial charge on any atom is 0.222 e. The molecule has 1 aromatic carbocycles. The van der Waals surface area contributed by atoms with Gasteiger partial charge in [0.05, 0.1) is 12.9 Å². The summed E-state index contributed by atoms with van der Waals surface area (Å²) >= 11 is 0. The first-order valence-electron chi connectivity index (χ1n) is 7.55. The fourth-order valence-electron chi connectivity index (χ4n) is 2.83. The molecular weight excluding hydrogens is 290 g/mol. The first-order valence-corrected chi connectivity index (χ1v) is 7.55. The highest BCUT2D eigenvalue weighted by Crippen LogP contribution is 2.38. The highest BCUT2D eigenvalue weighted by Gasteiger charge is 2.27. The molecule has 0 saturated heterocycles. The number of rotatable bonds is 4. The zero-order valence-electron chi connectivity index (χ0n) is 12.6. The molecule has 0 bridgehead atoms. The minimum absolute atomic E-state index is 0.243. The van der Waals surface area contributed by atoms with Crippen molar-refractivity contribution in [3.63, 3.8) is 0 Å². The van der Waals surface area contributed by atoms with E-state index in [9.17, 15) is 0 Å². The Morgan fingerprint density at radius 3 is 2.78 bits per heavy atom. The van der Waals surface area contributed by atoms with Gasteiger partial charge in [0, 0.05) is 6.54 Å². The molecule has 3 heterocycles. The first kappa shape index (κ1) is 13.6. The fraction of sp³-hybridized carbons (Fsp3) is 0.176. The number of aromatic nitrogens is 2. The highest BCUT2D eigenvalue weighted by atomic mass is 16.3. The van der Waals surface area contributed by atoms with E-state index < -0.39 is 0 Å². The van der Waals surface area contributed by atoms with E-state index in [-0.39, 0.29) is 5.95 Å². The third-order valence-electron chi connectivity index (χ3n) is 3.92. The van der Waals surface area contributed by atoms with E-state index in [1.807, 2.05) is 18.2 Å². The van der Waals surface area contributed by atoms with E-state index in [1.165, 1.54) is 5.56 Å². The number of furan rings is 1. The minimum Gasteiger partial charge on any atom is -0.463 e. The van der Waals surface area contributed by atoms with Gasteiger partial charge >= 0.3 is 0 Å². The Balaban J connectivity index is 1.65. The number of nitrogens with zero attached hydrogens (tertiary/aromatic N) is 3. The van der Waals surface area contributed by atoms with Crippen LogP contribution in [0.2, 0.25) is 0 Å². The Labute approximate surface area is 134 Å². The van der Waals surface area contributed by atoms with Crippen molar-refractivity contribution in [1.82, 2.24) is 9.97 Å². The summed E-state index contributed by atoms with van der Waals surface area (Å²) in [5.74, 6) is 1.70. The molecule has 3 aromatic rings. The van der Waals surface area contributed by atoms with Crippen LogP contribution in [0.15, 0.2) is 53.1 Å². The van der Waals surface area contributed by atoms with Crippen molar-refractivity contribution >= 4 is 17.5 Å². The first-order chi connectivity index (χ1) is 11.3. The molecule has 3 N–H and O–H groups in total. The van der Waals surface area contributed by atoms with Gasteiger partial charge < -0.3 is 20.4 Å². The normalized spacial score (nSPS) is 13.0. The zero-order valence-corrected chi connectivity index (χ0v) is 12.6. The van der Waals surface area contributed by atoms with Crippen molar-refractivity contribution in [3.8, 4) is 11.5 Å². The monoisotopic (exact) mass is 307 g/mol. The van der Waals surface area contributed by atoms with Crippen LogP contribution in [0, 0.1) is 0 Å². The van der Waals surface area contributed by atoms with Gasteiger partial charge in [-0.2, -0.15) is 4.98 Å². The lowest BCUT2D eigenvalue weighted by Gasteiger charge is -2.19. The standard InChI is InChI=1S/C17H17N5O/c18-17-20-14(13-7-4-10-23-13)15-16(21-17)19-11-22(15)9-8-12-5-2-1-3-6-12/h1-7,10H,8-9,11H2,(H3,18,19,20,21). The van der Waals surface area contributed by atoms with E-state index in [2.05, 4.69) is 44.5 Å². The van der Waals surface area contributed by atoms with E-state index in [0.29, 0.717) is 12.4 Å². The lowest BCUT2D eigenvalue weighted by atomic mass is 10.1. The average molecular weight is 307 g/mol. The zero-order chi connectivity index (χ0) is 15.6. The molecule has 0 spiro atoms. The Kier molecular flexibility index (Phi) is 3.34. The Morgan fingerprint density at radius 1 is 1.13 bits per heavy atom. The predicted octanol–water partition coefficient (Wildman–Crippen LogP) is 2.75. The maximum atomic E-state index is 5.83. The molecule has 6 nitrogen and oxygen atoms in total. The van der Waals surface area contributed by atoms with Gasteiger partial charge in [-0.3, -0.25) is 0 Å². The van der Waals surface area contributed by atoms with Crippen molar-refractivity contribution in [2.45, 2.75) is 6.42 Å². The van der Waals surface area contributed by atoms with E-state index >= 15 is 0 Å². The van der Waals surface area contributed by atoms with E-state index in [4.69, 9.17) is 10.2 Å². The summed E-state index contributed by atoms with van der Waals surface area (Å²) in [6, 6.07) is 14.1. The fourth-order valence-corrected chi connectivity index (χ4v) is 2.83. The van der Waals surface area contributed by atoms with Gasteiger partial charge in [0.1, 0.15) is 11.4 Å². The van der Waals surface area contributed by atoms with Crippen LogP contribution in [0.1, 0.15) is 5.56 Å². The number of nitrogen functional groups attached to an aromatic ring is 1. The lowest BCUT2D eigenvalue weighted by molar-refractivity contribution is 0.580. The van der Waals surface area contributed by atoms with Gasteiger partial charge in [0.25, 0.3) is 0 Å². The summed E-state index contributed by atoms with van der Waals surface area (Å²) in [6.45, 7) is 1.55. The summed E-state index contributed by atoms with van der Waals surface area (Å²) < 4.78 is 5.51. The number of benzene rings is 1. The number of hydrogen-bond acceptors (Lipinski definition) is 6. The van der Waals surface area contributed by atoms with Crippen molar-refractivity contribution < 1.29 is 4.42 Å². The molecule has 0 saturated carbocycles. The van der Waals surface area contributed by atoms with Crippen LogP contribution in [0.25, 0.3) is 11.5 Å². The molecule has 0 fully saturated rings. The van der Waals surface area contributed by atoms with Gasteiger partial charge in [0.15, 0.2) is 11.6 Å². The minimum atomic E-state index is 0.243. The molecule has 116 valence electrons. The summed E-state index contributed by atoms with van der Waals surface area (Å²) in [6.07, 6.45) is 2.58. The van der Waals surface area contributed by atoms with Crippen LogP contribution < -0.4 is 16.0 Å². The Bertz CT molecular complexity index is 801. The topological polar surface area (TPSA) is 80.2 Å². The maximum absolute atomic E-state index is 5.83. The molecule has 0 radical (unpaired) electrons. The smallest absolute Gasteiger partial charge is 0.222 e. The SMILES string of the molecule is Nc1nc2c(c(-c3ccco3)n1)N(CCc1ccccc1)CN2. The summed E-state index contributed by atoms with van der Waals surface area (Å²) in [7, 11) is 0. The second-order valence-corrected chi connectivity index (χ2v) is 5.44. The van der Waals surface area contributed by atoms with Crippen molar-refractivity contribution in [2.24, 2.45) is 0 Å². The van der Waals surface area contributed by atoms with Crippen LogP contribution >= 0.6 is 0 Å². The van der Waals surface area contributed by atoms with Gasteiger partial charge in [-0.05, 0) is 24.1 Å². The van der Waals surface area contributed by atoms with Gasteiger partial charge in [-0.25, -0.2) is 4.98 Å². The molecular formula is C17H17N5O. The van der Waals surface area contributed by atoms with Gasteiger partial charge in [-0.1, -0.05) is 30.3 Å². The molecule has 1 aliphatic rings. The predicted molar refractivity (Wildman–Crippen MR) is 90.1 cm³/mol. The van der Waals surface area contributed by atoms with Crippen molar-refractivity contribution in [1.29, 1.82) is 0 Å². The molecule has 0 aliphatic carbocycles. The summed E-state index contributed by atoms with van der Waals surface area (Å²) in [4.78, 5) is 10.9. The number of nitrogens with two attached hydrogens (primary N) is 1. The molecule has 0 atom stereocenters. The average Bonchev–Trinajstić information content (AvgIpc) is 3.23.